The van der Waals surface area contributed by atoms with Gasteiger partial charge in [0.1, 0.15) is 17.1 Å². The minimum atomic E-state index is -0.547. The quantitative estimate of drug-likeness (QED) is 0.422. The average molecular weight is 482 g/mol. The van der Waals surface area contributed by atoms with Crippen molar-refractivity contribution in [1.29, 1.82) is 0 Å². The summed E-state index contributed by atoms with van der Waals surface area (Å²) in [5.41, 5.74) is 1.10. The first kappa shape index (κ1) is 23.2. The van der Waals surface area contributed by atoms with Crippen molar-refractivity contribution in [3.8, 4) is 11.1 Å². The lowest BCUT2D eigenvalue weighted by Crippen LogP contribution is -2.37. The summed E-state index contributed by atoms with van der Waals surface area (Å²) < 4.78 is 8.86. The Morgan fingerprint density at radius 1 is 1.12 bits per heavy atom. The van der Waals surface area contributed by atoms with Crippen LogP contribution >= 0.6 is 11.3 Å². The van der Waals surface area contributed by atoms with Gasteiger partial charge in [0.15, 0.2) is 11.2 Å². The summed E-state index contributed by atoms with van der Waals surface area (Å²) >= 11 is 1.28. The number of hydrogen-bond acceptors (Lipinski definition) is 7. The number of thiophene rings is 1. The molecule has 0 fully saturated rings. The number of aryl methyl sites for hydroxylation is 2. The topological polar surface area (TPSA) is 117 Å². The van der Waals surface area contributed by atoms with E-state index < -0.39 is 23.1 Å². The van der Waals surface area contributed by atoms with E-state index in [0.29, 0.717) is 10.6 Å². The van der Waals surface area contributed by atoms with E-state index in [1.54, 1.807) is 6.92 Å². The molecular formula is C23H23N5O5S. The number of carbonyl (C=O) groups excluding carboxylic acids is 2. The molecule has 0 spiro atoms. The number of ether oxygens (including phenoxy) is 1. The Hall–Kier alpha value is -3.99. The first-order valence-electron chi connectivity index (χ1n) is 10.5. The highest BCUT2D eigenvalue weighted by atomic mass is 32.1. The lowest BCUT2D eigenvalue weighted by molar-refractivity contribution is -0.116. The predicted octanol–water partition coefficient (Wildman–Crippen LogP) is 2.29. The van der Waals surface area contributed by atoms with E-state index in [2.05, 4.69) is 10.3 Å². The zero-order chi connectivity index (χ0) is 24.6. The molecule has 0 radical (unpaired) electrons. The van der Waals surface area contributed by atoms with Crippen LogP contribution in [0.2, 0.25) is 0 Å². The van der Waals surface area contributed by atoms with E-state index in [1.165, 1.54) is 40.9 Å². The molecule has 1 N–H and O–H groups in total. The zero-order valence-corrected chi connectivity index (χ0v) is 19.9. The van der Waals surface area contributed by atoms with Gasteiger partial charge in [-0.25, -0.2) is 14.6 Å². The van der Waals surface area contributed by atoms with E-state index in [-0.39, 0.29) is 29.9 Å². The van der Waals surface area contributed by atoms with Gasteiger partial charge in [-0.1, -0.05) is 30.3 Å². The SMILES string of the molecule is CCOC(=O)c1c(NC(=O)Cn2cnc3c2c(=O)n(C)c(=O)n3C)sc(C)c1-c1ccccc1. The van der Waals surface area contributed by atoms with E-state index in [1.807, 2.05) is 37.3 Å². The van der Waals surface area contributed by atoms with Crippen molar-refractivity contribution >= 4 is 39.4 Å². The number of nitrogens with zero attached hydrogens (tertiary/aromatic N) is 4. The second-order valence-electron chi connectivity index (χ2n) is 7.62. The van der Waals surface area contributed by atoms with Gasteiger partial charge in [-0.2, -0.15) is 0 Å². The number of esters is 1. The summed E-state index contributed by atoms with van der Waals surface area (Å²) in [5.74, 6) is -0.987. The lowest BCUT2D eigenvalue weighted by atomic mass is 10.0. The van der Waals surface area contributed by atoms with Crippen LogP contribution in [-0.2, 0) is 30.2 Å². The molecule has 0 saturated carbocycles. The van der Waals surface area contributed by atoms with Crippen molar-refractivity contribution in [1.82, 2.24) is 18.7 Å². The highest BCUT2D eigenvalue weighted by Gasteiger charge is 2.26. The minimum absolute atomic E-state index is 0.137. The predicted molar refractivity (Wildman–Crippen MR) is 129 cm³/mol. The van der Waals surface area contributed by atoms with Crippen LogP contribution in [0, 0.1) is 6.92 Å². The summed E-state index contributed by atoms with van der Waals surface area (Å²) in [4.78, 5) is 55.6. The molecule has 1 aromatic carbocycles. The molecule has 0 atom stereocenters. The molecular weight excluding hydrogens is 458 g/mol. The van der Waals surface area contributed by atoms with E-state index in [0.717, 1.165) is 15.0 Å². The van der Waals surface area contributed by atoms with Crippen LogP contribution in [0.25, 0.3) is 22.3 Å². The molecule has 0 aliphatic carbocycles. The third-order valence-corrected chi connectivity index (χ3v) is 6.43. The highest BCUT2D eigenvalue weighted by molar-refractivity contribution is 7.17. The van der Waals surface area contributed by atoms with Gasteiger partial charge in [-0.05, 0) is 19.4 Å². The molecule has 1 amide bonds. The molecule has 4 aromatic rings. The van der Waals surface area contributed by atoms with Crippen molar-refractivity contribution in [3.05, 3.63) is 67.9 Å². The molecule has 176 valence electrons. The fourth-order valence-electron chi connectivity index (χ4n) is 3.82. The molecule has 0 aliphatic rings. The maximum absolute atomic E-state index is 13.0. The van der Waals surface area contributed by atoms with Crippen molar-refractivity contribution in [3.63, 3.8) is 0 Å². The number of benzene rings is 1. The highest BCUT2D eigenvalue weighted by Crippen LogP contribution is 2.40. The summed E-state index contributed by atoms with van der Waals surface area (Å²) in [7, 11) is 2.87. The second-order valence-corrected chi connectivity index (χ2v) is 8.85. The molecule has 0 unspecified atom stereocenters. The first-order chi connectivity index (χ1) is 16.2. The fraction of sp³-hybridized carbons (Fsp3) is 0.261. The average Bonchev–Trinajstić information content (AvgIpc) is 3.37. The first-order valence-corrected chi connectivity index (χ1v) is 11.3. The molecule has 11 heteroatoms. The Balaban J connectivity index is 1.71. The Bertz CT molecular complexity index is 1530. The van der Waals surface area contributed by atoms with Crippen LogP contribution < -0.4 is 16.6 Å². The third kappa shape index (κ3) is 3.94. The number of rotatable bonds is 6. The van der Waals surface area contributed by atoms with Crippen molar-refractivity contribution < 1.29 is 14.3 Å². The number of nitrogens with one attached hydrogen (secondary N) is 1. The van der Waals surface area contributed by atoms with Crippen molar-refractivity contribution in [2.75, 3.05) is 11.9 Å². The number of aromatic nitrogens is 4. The summed E-state index contributed by atoms with van der Waals surface area (Å²) in [6.07, 6.45) is 1.34. The lowest BCUT2D eigenvalue weighted by Gasteiger charge is -2.10. The van der Waals surface area contributed by atoms with Gasteiger partial charge in [0.2, 0.25) is 5.91 Å². The Morgan fingerprint density at radius 2 is 1.82 bits per heavy atom. The number of anilines is 1. The van der Waals surface area contributed by atoms with Crippen LogP contribution in [0.4, 0.5) is 5.00 Å². The fourth-order valence-corrected chi connectivity index (χ4v) is 4.90. The zero-order valence-electron chi connectivity index (χ0n) is 19.1. The van der Waals surface area contributed by atoms with E-state index >= 15 is 0 Å². The Kier molecular flexibility index (Phi) is 6.20. The number of hydrogen-bond donors (Lipinski definition) is 1. The molecule has 10 nitrogen and oxygen atoms in total. The third-order valence-electron chi connectivity index (χ3n) is 5.41. The molecule has 34 heavy (non-hydrogen) atoms. The number of imidazole rings is 1. The van der Waals surface area contributed by atoms with Gasteiger partial charge in [-0.15, -0.1) is 11.3 Å². The summed E-state index contributed by atoms with van der Waals surface area (Å²) in [6.45, 7) is 3.55. The monoisotopic (exact) mass is 481 g/mol. The molecule has 3 aromatic heterocycles. The van der Waals surface area contributed by atoms with Crippen LogP contribution in [-0.4, -0.2) is 37.2 Å². The minimum Gasteiger partial charge on any atom is -0.462 e. The molecule has 0 bridgehead atoms. The van der Waals surface area contributed by atoms with E-state index in [9.17, 15) is 19.2 Å². The molecule has 4 rings (SSSR count). The van der Waals surface area contributed by atoms with Crippen molar-refractivity contribution in [2.45, 2.75) is 20.4 Å². The van der Waals surface area contributed by atoms with Crippen molar-refractivity contribution in [2.24, 2.45) is 14.1 Å². The smallest absolute Gasteiger partial charge is 0.341 e. The number of amides is 1. The van der Waals surface area contributed by atoms with Gasteiger partial charge in [0.05, 0.1) is 12.9 Å². The van der Waals surface area contributed by atoms with Crippen LogP contribution in [0.1, 0.15) is 22.2 Å². The summed E-state index contributed by atoms with van der Waals surface area (Å²) in [5, 5.41) is 3.16. The van der Waals surface area contributed by atoms with Gasteiger partial charge in [0.25, 0.3) is 5.56 Å². The van der Waals surface area contributed by atoms with E-state index in [4.69, 9.17) is 4.74 Å². The van der Waals surface area contributed by atoms with Gasteiger partial charge >= 0.3 is 11.7 Å². The standard InChI is InChI=1S/C23H23N5O5S/c1-5-33-22(31)17-16(14-9-7-6-8-10-14)13(2)34-20(17)25-15(29)11-28-12-24-19-18(28)21(30)27(4)23(32)26(19)3/h6-10,12H,5,11H2,1-4H3,(H,25,29). The molecule has 0 aliphatic heterocycles. The Labute approximate surface area is 198 Å². The maximum atomic E-state index is 13.0. The Morgan fingerprint density at radius 3 is 2.50 bits per heavy atom. The number of fused-ring (bicyclic) bond motifs is 1. The second kappa shape index (κ2) is 9.10. The van der Waals surface area contributed by atoms with Gasteiger partial charge in [-0.3, -0.25) is 18.7 Å². The van der Waals surface area contributed by atoms with Crippen LogP contribution in [0.3, 0.4) is 0 Å². The number of carbonyl (C=O) groups is 2. The normalized spacial score (nSPS) is 11.1. The molecule has 3 heterocycles. The van der Waals surface area contributed by atoms with Gasteiger partial charge < -0.3 is 14.6 Å². The van der Waals surface area contributed by atoms with Crippen LogP contribution in [0.5, 0.6) is 0 Å². The summed E-state index contributed by atoms with van der Waals surface area (Å²) in [6, 6.07) is 9.41. The molecule has 0 saturated heterocycles. The van der Waals surface area contributed by atoms with Crippen LogP contribution in [0.15, 0.2) is 46.2 Å². The largest absolute Gasteiger partial charge is 0.462 e. The van der Waals surface area contributed by atoms with Gasteiger partial charge in [0, 0.05) is 24.5 Å². The maximum Gasteiger partial charge on any atom is 0.341 e.